The van der Waals surface area contributed by atoms with Crippen molar-refractivity contribution in [1.82, 2.24) is 0 Å². The second-order valence-corrected chi connectivity index (χ2v) is 10.3. The Morgan fingerprint density at radius 3 is 2.53 bits per heavy atom. The van der Waals surface area contributed by atoms with Crippen LogP contribution in [0, 0.1) is 5.92 Å². The Labute approximate surface area is 195 Å². The lowest BCUT2D eigenvalue weighted by Crippen LogP contribution is -2.21. The van der Waals surface area contributed by atoms with Crippen LogP contribution in [0.4, 0.5) is 0 Å². The monoisotopic (exact) mass is 434 g/mol. The van der Waals surface area contributed by atoms with Gasteiger partial charge in [-0.15, -0.1) is 0 Å². The minimum atomic E-state index is 0.131. The highest BCUT2D eigenvalue weighted by atomic mass is 16.5. The Morgan fingerprint density at radius 2 is 1.78 bits per heavy atom. The summed E-state index contributed by atoms with van der Waals surface area (Å²) in [5.41, 5.74) is 3.99. The predicted octanol–water partition coefficient (Wildman–Crippen LogP) is 8.38. The zero-order valence-electron chi connectivity index (χ0n) is 20.4. The summed E-state index contributed by atoms with van der Waals surface area (Å²) < 4.78 is 6.49. The van der Waals surface area contributed by atoms with Gasteiger partial charge in [-0.2, -0.15) is 0 Å². The number of hydrogen-bond donors (Lipinski definition) is 0. The van der Waals surface area contributed by atoms with Gasteiger partial charge < -0.3 is 9.53 Å². The lowest BCUT2D eigenvalue weighted by molar-refractivity contribution is -0.109. The van der Waals surface area contributed by atoms with Gasteiger partial charge in [-0.1, -0.05) is 102 Å². The zero-order valence-corrected chi connectivity index (χ0v) is 20.4. The van der Waals surface area contributed by atoms with E-state index in [1.165, 1.54) is 61.6 Å². The summed E-state index contributed by atoms with van der Waals surface area (Å²) in [6, 6.07) is 17.4. The molecule has 0 saturated heterocycles. The molecular formula is C30H42O2. The normalized spacial score (nSPS) is 19.0. The van der Waals surface area contributed by atoms with E-state index in [4.69, 9.17) is 4.74 Å². The van der Waals surface area contributed by atoms with Crippen molar-refractivity contribution in [3.8, 4) is 5.75 Å². The van der Waals surface area contributed by atoms with Crippen molar-refractivity contribution < 1.29 is 9.53 Å². The molecule has 0 bridgehead atoms. The summed E-state index contributed by atoms with van der Waals surface area (Å²) in [5, 5.41) is 0. The Balaban J connectivity index is 1.86. The summed E-state index contributed by atoms with van der Waals surface area (Å²) in [5.74, 6) is 1.88. The third-order valence-corrected chi connectivity index (χ3v) is 7.40. The van der Waals surface area contributed by atoms with E-state index in [0.717, 1.165) is 24.9 Å². The molecule has 0 amide bonds. The van der Waals surface area contributed by atoms with Crippen LogP contribution in [0.1, 0.15) is 108 Å². The Kier molecular flexibility index (Phi) is 9.38. The van der Waals surface area contributed by atoms with Crippen molar-refractivity contribution in [2.75, 3.05) is 0 Å². The Bertz CT molecular complexity index is 824. The zero-order chi connectivity index (χ0) is 22.8. The fourth-order valence-electron chi connectivity index (χ4n) is 5.28. The van der Waals surface area contributed by atoms with Gasteiger partial charge in [-0.3, -0.25) is 0 Å². The molecule has 1 aliphatic rings. The first-order valence-electron chi connectivity index (χ1n) is 12.8. The van der Waals surface area contributed by atoms with Crippen LogP contribution in [0.3, 0.4) is 0 Å². The fraction of sp³-hybridized carbons (Fsp3) is 0.567. The highest BCUT2D eigenvalue weighted by Gasteiger charge is 2.30. The maximum atomic E-state index is 11.3. The first-order valence-corrected chi connectivity index (χ1v) is 12.8. The third kappa shape index (κ3) is 6.70. The second kappa shape index (κ2) is 12.2. The highest BCUT2D eigenvalue weighted by molar-refractivity contribution is 5.51. The molecule has 0 aliphatic heterocycles. The van der Waals surface area contributed by atoms with E-state index in [0.29, 0.717) is 24.9 Å². The molecule has 0 N–H and O–H groups in total. The van der Waals surface area contributed by atoms with Gasteiger partial charge in [-0.05, 0) is 59.3 Å². The van der Waals surface area contributed by atoms with Crippen molar-refractivity contribution in [3.05, 3.63) is 65.2 Å². The number of aldehydes is 1. The number of carbonyl (C=O) groups excluding carboxylic acids is 1. The standard InChI is InChI=1S/C30H42O2/c1-4-5-6-12-20-30(2,3)26-17-18-28(27-16-11-10-15-25(27)19-21-31)29(22-26)32-23-24-13-8-7-9-14-24/h7-9,13-14,17-18,21-22,25,27H,4-6,10-12,15-16,19-20,23H2,1-3H3/t25-,27+/m0/s1. The molecule has 0 aromatic heterocycles. The molecule has 0 radical (unpaired) electrons. The molecule has 2 heteroatoms. The van der Waals surface area contributed by atoms with Crippen molar-refractivity contribution in [2.24, 2.45) is 5.92 Å². The molecule has 1 fully saturated rings. The molecule has 0 spiro atoms. The Hall–Kier alpha value is -2.09. The predicted molar refractivity (Wildman–Crippen MR) is 134 cm³/mol. The summed E-state index contributed by atoms with van der Waals surface area (Å²) in [7, 11) is 0. The SMILES string of the molecule is CCCCCCC(C)(C)c1ccc([C@@H]2CCCC[C@H]2CC=O)c(OCc2ccccc2)c1. The summed E-state index contributed by atoms with van der Waals surface area (Å²) in [6.07, 6.45) is 12.9. The first kappa shape index (κ1) is 24.6. The van der Waals surface area contributed by atoms with Gasteiger partial charge in [0.15, 0.2) is 0 Å². The molecule has 2 atom stereocenters. The highest BCUT2D eigenvalue weighted by Crippen LogP contribution is 2.44. The molecule has 2 aromatic carbocycles. The molecule has 1 aliphatic carbocycles. The molecule has 174 valence electrons. The van der Waals surface area contributed by atoms with Crippen LogP contribution in [-0.4, -0.2) is 6.29 Å². The Morgan fingerprint density at radius 1 is 1.00 bits per heavy atom. The van der Waals surface area contributed by atoms with Crippen molar-refractivity contribution >= 4 is 6.29 Å². The van der Waals surface area contributed by atoms with Crippen LogP contribution >= 0.6 is 0 Å². The van der Waals surface area contributed by atoms with Gasteiger partial charge in [-0.25, -0.2) is 0 Å². The van der Waals surface area contributed by atoms with E-state index in [1.54, 1.807) is 0 Å². The molecule has 1 saturated carbocycles. The van der Waals surface area contributed by atoms with Crippen LogP contribution in [-0.2, 0) is 16.8 Å². The quantitative estimate of drug-likeness (QED) is 0.248. The van der Waals surface area contributed by atoms with Gasteiger partial charge >= 0.3 is 0 Å². The van der Waals surface area contributed by atoms with Gasteiger partial charge in [0.1, 0.15) is 18.6 Å². The number of ether oxygens (including phenoxy) is 1. The lowest BCUT2D eigenvalue weighted by atomic mass is 9.73. The number of rotatable bonds is 12. The van der Waals surface area contributed by atoms with Gasteiger partial charge in [0.05, 0.1) is 0 Å². The van der Waals surface area contributed by atoms with Crippen LogP contribution < -0.4 is 4.74 Å². The van der Waals surface area contributed by atoms with E-state index < -0.39 is 0 Å². The second-order valence-electron chi connectivity index (χ2n) is 10.3. The van der Waals surface area contributed by atoms with Crippen LogP contribution in [0.15, 0.2) is 48.5 Å². The third-order valence-electron chi connectivity index (χ3n) is 7.40. The minimum absolute atomic E-state index is 0.131. The maximum absolute atomic E-state index is 11.3. The first-order chi connectivity index (χ1) is 15.5. The molecular weight excluding hydrogens is 392 g/mol. The average molecular weight is 435 g/mol. The average Bonchev–Trinajstić information content (AvgIpc) is 2.82. The van der Waals surface area contributed by atoms with E-state index in [-0.39, 0.29) is 5.41 Å². The number of benzene rings is 2. The van der Waals surface area contributed by atoms with Gasteiger partial charge in [0, 0.05) is 6.42 Å². The summed E-state index contributed by atoms with van der Waals surface area (Å²) in [6.45, 7) is 7.58. The summed E-state index contributed by atoms with van der Waals surface area (Å²) in [4.78, 5) is 11.3. The number of hydrogen-bond acceptors (Lipinski definition) is 2. The smallest absolute Gasteiger partial charge is 0.123 e. The molecule has 32 heavy (non-hydrogen) atoms. The fourth-order valence-corrected chi connectivity index (χ4v) is 5.28. The molecule has 0 heterocycles. The van der Waals surface area contributed by atoms with Crippen LogP contribution in [0.2, 0.25) is 0 Å². The van der Waals surface area contributed by atoms with E-state index >= 15 is 0 Å². The topological polar surface area (TPSA) is 26.3 Å². The number of carbonyl (C=O) groups is 1. The van der Waals surface area contributed by atoms with E-state index in [9.17, 15) is 4.79 Å². The van der Waals surface area contributed by atoms with Crippen LogP contribution in [0.5, 0.6) is 5.75 Å². The largest absolute Gasteiger partial charge is 0.489 e. The van der Waals surface area contributed by atoms with E-state index in [2.05, 4.69) is 63.2 Å². The van der Waals surface area contributed by atoms with E-state index in [1.807, 2.05) is 6.07 Å². The molecule has 3 rings (SSSR count). The van der Waals surface area contributed by atoms with Crippen molar-refractivity contribution in [1.29, 1.82) is 0 Å². The minimum Gasteiger partial charge on any atom is -0.489 e. The van der Waals surface area contributed by atoms with Gasteiger partial charge in [0.25, 0.3) is 0 Å². The van der Waals surface area contributed by atoms with Crippen molar-refractivity contribution in [2.45, 2.75) is 103 Å². The molecule has 0 unspecified atom stereocenters. The maximum Gasteiger partial charge on any atom is 0.123 e. The molecule has 2 nitrogen and oxygen atoms in total. The lowest BCUT2D eigenvalue weighted by Gasteiger charge is -2.33. The summed E-state index contributed by atoms with van der Waals surface area (Å²) >= 11 is 0. The van der Waals surface area contributed by atoms with Gasteiger partial charge in [0.2, 0.25) is 0 Å². The van der Waals surface area contributed by atoms with Crippen LogP contribution in [0.25, 0.3) is 0 Å². The number of unbranched alkanes of at least 4 members (excludes halogenated alkanes) is 3. The van der Waals surface area contributed by atoms with Crippen molar-refractivity contribution in [3.63, 3.8) is 0 Å². The molecule has 2 aromatic rings.